The molecule has 1 aliphatic rings. The smallest absolute Gasteiger partial charge is 0.280 e. The van der Waals surface area contributed by atoms with Crippen LogP contribution in [0.15, 0.2) is 39.7 Å². The van der Waals surface area contributed by atoms with Crippen LogP contribution in [0.2, 0.25) is 0 Å². The van der Waals surface area contributed by atoms with Crippen LogP contribution < -0.4 is 0 Å². The molecule has 1 aliphatic carbocycles. The molecule has 1 aromatic carbocycles. The molecule has 3 aromatic rings. The molecule has 0 spiro atoms. The Labute approximate surface area is 159 Å². The SMILES string of the molecule is Cc1ccc(-c2ccc(C=Nc3sc4c(c3C#N)CCC4)o2)c([N+](=O)[O-])c1. The fourth-order valence-corrected chi connectivity index (χ4v) is 4.47. The summed E-state index contributed by atoms with van der Waals surface area (Å²) in [6, 6.07) is 10.7. The standard InChI is InChI=1S/C20H15N3O3S/c1-12-5-7-15(17(9-12)23(24)25)18-8-6-13(26-18)11-22-20-16(10-21)14-3-2-4-19(14)27-20/h5-9,11H,2-4H2,1H3. The van der Waals surface area contributed by atoms with Gasteiger partial charge in [-0.3, -0.25) is 10.1 Å². The number of thiophene rings is 1. The van der Waals surface area contributed by atoms with Crippen LogP contribution >= 0.6 is 11.3 Å². The lowest BCUT2D eigenvalue weighted by Crippen LogP contribution is -1.92. The lowest BCUT2D eigenvalue weighted by Gasteiger charge is -2.00. The maximum Gasteiger partial charge on any atom is 0.280 e. The molecule has 0 saturated heterocycles. The largest absolute Gasteiger partial charge is 0.455 e. The van der Waals surface area contributed by atoms with Crippen LogP contribution in [0.25, 0.3) is 11.3 Å². The van der Waals surface area contributed by atoms with Crippen molar-refractivity contribution in [2.24, 2.45) is 4.99 Å². The number of fused-ring (bicyclic) bond motifs is 1. The Morgan fingerprint density at radius 1 is 1.33 bits per heavy atom. The normalized spacial score (nSPS) is 13.0. The Bertz CT molecular complexity index is 1120. The number of rotatable bonds is 4. The van der Waals surface area contributed by atoms with Crippen LogP contribution in [-0.2, 0) is 12.8 Å². The van der Waals surface area contributed by atoms with Gasteiger partial charge in [-0.2, -0.15) is 5.26 Å². The molecule has 0 amide bonds. The van der Waals surface area contributed by atoms with Crippen molar-refractivity contribution in [2.75, 3.05) is 0 Å². The molecule has 7 heteroatoms. The zero-order valence-electron chi connectivity index (χ0n) is 14.6. The van der Waals surface area contributed by atoms with E-state index in [1.165, 1.54) is 10.9 Å². The topological polar surface area (TPSA) is 92.4 Å². The Balaban J connectivity index is 1.64. The van der Waals surface area contributed by atoms with Crippen LogP contribution in [0.4, 0.5) is 10.7 Å². The molecular formula is C20H15N3O3S. The maximum absolute atomic E-state index is 11.3. The molecule has 0 unspecified atom stereocenters. The fraction of sp³-hybridized carbons (Fsp3) is 0.200. The summed E-state index contributed by atoms with van der Waals surface area (Å²) >= 11 is 1.55. The average molecular weight is 377 g/mol. The van der Waals surface area contributed by atoms with Crippen molar-refractivity contribution in [3.8, 4) is 17.4 Å². The Hall–Kier alpha value is -3.24. The van der Waals surface area contributed by atoms with Crippen LogP contribution in [0.5, 0.6) is 0 Å². The number of hydrogen-bond acceptors (Lipinski definition) is 6. The summed E-state index contributed by atoms with van der Waals surface area (Å²) in [7, 11) is 0. The molecule has 2 aromatic heterocycles. The highest BCUT2D eigenvalue weighted by Gasteiger charge is 2.22. The molecule has 0 atom stereocenters. The van der Waals surface area contributed by atoms with E-state index in [4.69, 9.17) is 4.42 Å². The molecule has 0 radical (unpaired) electrons. The molecule has 134 valence electrons. The number of aryl methyl sites for hydroxylation is 2. The van der Waals surface area contributed by atoms with Gasteiger partial charge in [-0.25, -0.2) is 4.99 Å². The van der Waals surface area contributed by atoms with E-state index in [1.54, 1.807) is 35.8 Å². The van der Waals surface area contributed by atoms with Gasteiger partial charge in [-0.05, 0) is 55.5 Å². The van der Waals surface area contributed by atoms with Crippen LogP contribution in [0.3, 0.4) is 0 Å². The quantitative estimate of drug-likeness (QED) is 0.349. The lowest BCUT2D eigenvalue weighted by molar-refractivity contribution is -0.384. The molecular weight excluding hydrogens is 362 g/mol. The molecule has 0 bridgehead atoms. The van der Waals surface area contributed by atoms with E-state index in [9.17, 15) is 15.4 Å². The molecule has 27 heavy (non-hydrogen) atoms. The van der Waals surface area contributed by atoms with Gasteiger partial charge in [0.15, 0.2) is 0 Å². The van der Waals surface area contributed by atoms with E-state index in [0.717, 1.165) is 30.4 Å². The van der Waals surface area contributed by atoms with E-state index in [-0.39, 0.29) is 5.69 Å². The predicted molar refractivity (Wildman–Crippen MR) is 104 cm³/mol. The second kappa shape index (κ2) is 6.82. The van der Waals surface area contributed by atoms with Gasteiger partial charge in [0.2, 0.25) is 0 Å². The fourth-order valence-electron chi connectivity index (χ4n) is 3.29. The Kier molecular flexibility index (Phi) is 4.34. The third-order valence-electron chi connectivity index (χ3n) is 4.57. The summed E-state index contributed by atoms with van der Waals surface area (Å²) in [4.78, 5) is 16.6. The van der Waals surface area contributed by atoms with Gasteiger partial charge in [-0.15, -0.1) is 11.3 Å². The van der Waals surface area contributed by atoms with Gasteiger partial charge in [0.25, 0.3) is 5.69 Å². The van der Waals surface area contributed by atoms with Gasteiger partial charge in [-0.1, -0.05) is 6.07 Å². The van der Waals surface area contributed by atoms with Gasteiger partial charge in [0.05, 0.1) is 22.3 Å². The van der Waals surface area contributed by atoms with E-state index in [0.29, 0.717) is 27.6 Å². The summed E-state index contributed by atoms with van der Waals surface area (Å²) in [5.41, 5.74) is 3.04. The van der Waals surface area contributed by atoms with Crippen molar-refractivity contribution in [1.82, 2.24) is 0 Å². The maximum atomic E-state index is 11.3. The summed E-state index contributed by atoms with van der Waals surface area (Å²) in [5.74, 6) is 0.898. The average Bonchev–Trinajstić information content (AvgIpc) is 3.35. The van der Waals surface area contributed by atoms with E-state index < -0.39 is 4.92 Å². The minimum atomic E-state index is -0.412. The highest BCUT2D eigenvalue weighted by Crippen LogP contribution is 2.40. The highest BCUT2D eigenvalue weighted by molar-refractivity contribution is 7.16. The number of nitrogens with zero attached hydrogens (tertiary/aromatic N) is 3. The minimum Gasteiger partial charge on any atom is -0.455 e. The Morgan fingerprint density at radius 3 is 2.96 bits per heavy atom. The van der Waals surface area contributed by atoms with E-state index in [2.05, 4.69) is 11.1 Å². The zero-order valence-corrected chi connectivity index (χ0v) is 15.4. The van der Waals surface area contributed by atoms with Crippen molar-refractivity contribution >= 4 is 28.2 Å². The highest BCUT2D eigenvalue weighted by atomic mass is 32.1. The number of nitro groups is 1. The second-order valence-electron chi connectivity index (χ2n) is 6.39. The molecule has 2 heterocycles. The van der Waals surface area contributed by atoms with Crippen molar-refractivity contribution in [2.45, 2.75) is 26.2 Å². The van der Waals surface area contributed by atoms with Gasteiger partial charge in [0.1, 0.15) is 22.6 Å². The number of hydrogen-bond donors (Lipinski definition) is 0. The van der Waals surface area contributed by atoms with Gasteiger partial charge >= 0.3 is 0 Å². The molecule has 6 nitrogen and oxygen atoms in total. The number of furan rings is 1. The zero-order chi connectivity index (χ0) is 19.0. The summed E-state index contributed by atoms with van der Waals surface area (Å²) < 4.78 is 5.74. The molecule has 0 saturated carbocycles. The summed E-state index contributed by atoms with van der Waals surface area (Å²) in [5, 5.41) is 21.4. The van der Waals surface area contributed by atoms with Crippen LogP contribution in [0.1, 0.15) is 33.7 Å². The third-order valence-corrected chi connectivity index (χ3v) is 5.77. The second-order valence-corrected chi connectivity index (χ2v) is 7.47. The molecule has 0 aliphatic heterocycles. The first kappa shape index (κ1) is 17.2. The van der Waals surface area contributed by atoms with Crippen molar-refractivity contribution in [3.05, 3.63) is 67.8 Å². The van der Waals surface area contributed by atoms with Crippen molar-refractivity contribution < 1.29 is 9.34 Å². The summed E-state index contributed by atoms with van der Waals surface area (Å²) in [6.45, 7) is 1.81. The number of benzene rings is 1. The van der Waals surface area contributed by atoms with Gasteiger partial charge in [0, 0.05) is 10.9 Å². The van der Waals surface area contributed by atoms with Crippen molar-refractivity contribution in [3.63, 3.8) is 0 Å². The third kappa shape index (κ3) is 3.15. The first-order valence-corrected chi connectivity index (χ1v) is 9.32. The van der Waals surface area contributed by atoms with E-state index >= 15 is 0 Å². The molecule has 0 fully saturated rings. The van der Waals surface area contributed by atoms with Crippen LogP contribution in [-0.4, -0.2) is 11.1 Å². The first-order valence-electron chi connectivity index (χ1n) is 8.51. The molecule has 0 N–H and O–H groups in total. The van der Waals surface area contributed by atoms with E-state index in [1.807, 2.05) is 13.0 Å². The van der Waals surface area contributed by atoms with Crippen LogP contribution in [0, 0.1) is 28.4 Å². The minimum absolute atomic E-state index is 0.00860. The number of aliphatic imine (C=N–C) groups is 1. The van der Waals surface area contributed by atoms with Gasteiger partial charge < -0.3 is 4.42 Å². The molecule has 4 rings (SSSR count). The predicted octanol–water partition coefficient (Wildman–Crippen LogP) is 5.34. The van der Waals surface area contributed by atoms with Crippen molar-refractivity contribution in [1.29, 1.82) is 5.26 Å². The lowest BCUT2D eigenvalue weighted by atomic mass is 10.1. The number of nitro benzene ring substituents is 1. The summed E-state index contributed by atoms with van der Waals surface area (Å²) in [6.07, 6.45) is 4.60. The monoisotopic (exact) mass is 377 g/mol. The first-order chi connectivity index (χ1) is 13.1. The Morgan fingerprint density at radius 2 is 2.19 bits per heavy atom. The number of nitriles is 1.